The number of ether oxygens (including phenoxy) is 1. The van der Waals surface area contributed by atoms with Crippen LogP contribution in [0.1, 0.15) is 17.0 Å². The maximum Gasteiger partial charge on any atom is 0.141 e. The van der Waals surface area contributed by atoms with Gasteiger partial charge in [-0.05, 0) is 49.2 Å². The normalized spacial score (nSPS) is 11.2. The Kier molecular flexibility index (Phi) is 3.88. The lowest BCUT2D eigenvalue weighted by Crippen LogP contribution is -1.99. The molecule has 0 unspecified atom stereocenters. The molecule has 2 aromatic carbocycles. The van der Waals surface area contributed by atoms with Crippen molar-refractivity contribution < 1.29 is 9.26 Å². The highest BCUT2D eigenvalue weighted by molar-refractivity contribution is 5.92. The highest BCUT2D eigenvalue weighted by atomic mass is 16.5. The standard InChI is InChI=1S/C20H20N4O2/c1-12-19(13(2)26-23-12)15-8-17(21)20-18(9-15)24(11-22-20)10-14-4-6-16(25-3)7-5-14/h4-9,11H,10,21H2,1-3H3. The first kappa shape index (κ1) is 16.2. The van der Waals surface area contributed by atoms with Crippen LogP contribution in [0, 0.1) is 13.8 Å². The Labute approximate surface area is 151 Å². The molecule has 6 heteroatoms. The summed E-state index contributed by atoms with van der Waals surface area (Å²) in [6.45, 7) is 4.54. The summed E-state index contributed by atoms with van der Waals surface area (Å²) in [6, 6.07) is 12.0. The van der Waals surface area contributed by atoms with Crippen LogP contribution in [-0.2, 0) is 6.54 Å². The van der Waals surface area contributed by atoms with E-state index in [0.717, 1.165) is 44.9 Å². The van der Waals surface area contributed by atoms with Gasteiger partial charge in [0.15, 0.2) is 0 Å². The molecule has 6 nitrogen and oxygen atoms in total. The molecule has 26 heavy (non-hydrogen) atoms. The van der Waals surface area contributed by atoms with Crippen molar-refractivity contribution in [1.82, 2.24) is 14.7 Å². The minimum atomic E-state index is 0.644. The number of benzene rings is 2. The molecule has 0 radical (unpaired) electrons. The van der Waals surface area contributed by atoms with Crippen LogP contribution in [0.15, 0.2) is 47.2 Å². The van der Waals surface area contributed by atoms with Gasteiger partial charge in [0, 0.05) is 12.1 Å². The van der Waals surface area contributed by atoms with Crippen LogP contribution in [0.3, 0.4) is 0 Å². The average molecular weight is 348 g/mol. The SMILES string of the molecule is COc1ccc(Cn2cnc3c(N)cc(-c4c(C)noc4C)cc32)cc1. The first-order valence-corrected chi connectivity index (χ1v) is 8.37. The van der Waals surface area contributed by atoms with Crippen molar-refractivity contribution in [3.63, 3.8) is 0 Å². The van der Waals surface area contributed by atoms with Crippen molar-refractivity contribution in [2.75, 3.05) is 12.8 Å². The minimum Gasteiger partial charge on any atom is -0.497 e. The number of fused-ring (bicyclic) bond motifs is 1. The Morgan fingerprint density at radius 1 is 1.15 bits per heavy atom. The summed E-state index contributed by atoms with van der Waals surface area (Å²) in [5.41, 5.74) is 12.7. The molecule has 4 rings (SSSR count). The van der Waals surface area contributed by atoms with E-state index in [1.165, 1.54) is 0 Å². The van der Waals surface area contributed by atoms with E-state index in [4.69, 9.17) is 15.0 Å². The summed E-state index contributed by atoms with van der Waals surface area (Å²) in [5, 5.41) is 4.05. The molecule has 2 heterocycles. The van der Waals surface area contributed by atoms with Gasteiger partial charge in [-0.15, -0.1) is 0 Å². The van der Waals surface area contributed by atoms with Gasteiger partial charge in [0.25, 0.3) is 0 Å². The van der Waals surface area contributed by atoms with E-state index in [9.17, 15) is 0 Å². The van der Waals surface area contributed by atoms with Crippen molar-refractivity contribution in [3.05, 3.63) is 59.7 Å². The van der Waals surface area contributed by atoms with Gasteiger partial charge >= 0.3 is 0 Å². The molecule has 0 fully saturated rings. The third-order valence-corrected chi connectivity index (χ3v) is 4.59. The van der Waals surface area contributed by atoms with Crippen LogP contribution < -0.4 is 10.5 Å². The van der Waals surface area contributed by atoms with Gasteiger partial charge in [-0.3, -0.25) is 0 Å². The van der Waals surface area contributed by atoms with Crippen LogP contribution in [-0.4, -0.2) is 21.8 Å². The van der Waals surface area contributed by atoms with E-state index in [-0.39, 0.29) is 0 Å². The maximum absolute atomic E-state index is 6.26. The summed E-state index contributed by atoms with van der Waals surface area (Å²) in [7, 11) is 1.66. The Morgan fingerprint density at radius 3 is 2.58 bits per heavy atom. The van der Waals surface area contributed by atoms with E-state index in [0.29, 0.717) is 12.2 Å². The fourth-order valence-electron chi connectivity index (χ4n) is 3.28. The summed E-state index contributed by atoms with van der Waals surface area (Å²) < 4.78 is 12.6. The number of nitrogens with two attached hydrogens (primary N) is 1. The Bertz CT molecular complexity index is 1060. The quantitative estimate of drug-likeness (QED) is 0.565. The van der Waals surface area contributed by atoms with Crippen LogP contribution in [0.2, 0.25) is 0 Å². The smallest absolute Gasteiger partial charge is 0.141 e. The number of hydrogen-bond donors (Lipinski definition) is 1. The van der Waals surface area contributed by atoms with Gasteiger partial charge in [0.1, 0.15) is 17.0 Å². The van der Waals surface area contributed by atoms with Gasteiger partial charge in [-0.1, -0.05) is 17.3 Å². The molecule has 0 saturated carbocycles. The Hall–Kier alpha value is -3.28. The highest BCUT2D eigenvalue weighted by Gasteiger charge is 2.15. The molecule has 4 aromatic rings. The van der Waals surface area contributed by atoms with E-state index in [1.54, 1.807) is 7.11 Å². The number of methoxy groups -OCH3 is 1. The third-order valence-electron chi connectivity index (χ3n) is 4.59. The van der Waals surface area contributed by atoms with E-state index in [1.807, 2.05) is 50.5 Å². The molecule has 0 atom stereocenters. The molecule has 0 aliphatic carbocycles. The van der Waals surface area contributed by atoms with E-state index >= 15 is 0 Å². The lowest BCUT2D eigenvalue weighted by Gasteiger charge is -2.08. The topological polar surface area (TPSA) is 79.1 Å². The summed E-state index contributed by atoms with van der Waals surface area (Å²) >= 11 is 0. The van der Waals surface area contributed by atoms with Crippen LogP contribution in [0.5, 0.6) is 5.75 Å². The highest BCUT2D eigenvalue weighted by Crippen LogP contribution is 2.32. The van der Waals surface area contributed by atoms with Crippen LogP contribution in [0.4, 0.5) is 5.69 Å². The zero-order valence-corrected chi connectivity index (χ0v) is 15.0. The second-order valence-corrected chi connectivity index (χ2v) is 6.35. The maximum atomic E-state index is 6.26. The van der Waals surface area contributed by atoms with Gasteiger partial charge in [-0.25, -0.2) is 4.98 Å². The van der Waals surface area contributed by atoms with Crippen molar-refractivity contribution >= 4 is 16.7 Å². The van der Waals surface area contributed by atoms with Crippen molar-refractivity contribution in [3.8, 4) is 16.9 Å². The number of nitrogens with zero attached hydrogens (tertiary/aromatic N) is 3. The third kappa shape index (κ3) is 2.69. The Morgan fingerprint density at radius 2 is 1.92 bits per heavy atom. The van der Waals surface area contributed by atoms with E-state index in [2.05, 4.69) is 20.8 Å². The first-order chi connectivity index (χ1) is 12.6. The van der Waals surface area contributed by atoms with Gasteiger partial charge in [0.05, 0.1) is 30.3 Å². The number of aryl methyl sites for hydroxylation is 2. The lowest BCUT2D eigenvalue weighted by atomic mass is 10.0. The molecule has 0 amide bonds. The summed E-state index contributed by atoms with van der Waals surface area (Å²) in [5.74, 6) is 1.62. The number of rotatable bonds is 4. The molecule has 2 aromatic heterocycles. The average Bonchev–Trinajstić information content (AvgIpc) is 3.19. The predicted octanol–water partition coefficient (Wildman–Crippen LogP) is 3.95. The fourth-order valence-corrected chi connectivity index (χ4v) is 3.28. The molecular weight excluding hydrogens is 328 g/mol. The van der Waals surface area contributed by atoms with Crippen molar-refractivity contribution in [1.29, 1.82) is 0 Å². The molecule has 132 valence electrons. The number of imidazole rings is 1. The van der Waals surface area contributed by atoms with Gasteiger partial charge in [0.2, 0.25) is 0 Å². The van der Waals surface area contributed by atoms with Crippen LogP contribution >= 0.6 is 0 Å². The molecule has 0 bridgehead atoms. The minimum absolute atomic E-state index is 0.644. The molecule has 0 spiro atoms. The molecular formula is C20H20N4O2. The molecule has 0 aliphatic heterocycles. The van der Waals surface area contributed by atoms with Gasteiger partial charge < -0.3 is 19.6 Å². The van der Waals surface area contributed by atoms with E-state index < -0.39 is 0 Å². The fraction of sp³-hybridized carbons (Fsp3) is 0.200. The predicted molar refractivity (Wildman–Crippen MR) is 101 cm³/mol. The number of anilines is 1. The van der Waals surface area contributed by atoms with Crippen molar-refractivity contribution in [2.24, 2.45) is 0 Å². The monoisotopic (exact) mass is 348 g/mol. The Balaban J connectivity index is 1.78. The van der Waals surface area contributed by atoms with Gasteiger partial charge in [-0.2, -0.15) is 0 Å². The molecule has 2 N–H and O–H groups in total. The largest absolute Gasteiger partial charge is 0.497 e. The second kappa shape index (κ2) is 6.22. The zero-order valence-electron chi connectivity index (χ0n) is 15.0. The van der Waals surface area contributed by atoms with Crippen LogP contribution in [0.25, 0.3) is 22.2 Å². The molecule has 0 saturated heterocycles. The first-order valence-electron chi connectivity index (χ1n) is 8.37. The second-order valence-electron chi connectivity index (χ2n) is 6.35. The number of aromatic nitrogens is 3. The number of nitrogen functional groups attached to an aromatic ring is 1. The van der Waals surface area contributed by atoms with Crippen molar-refractivity contribution in [2.45, 2.75) is 20.4 Å². The summed E-state index contributed by atoms with van der Waals surface area (Å²) in [4.78, 5) is 4.49. The summed E-state index contributed by atoms with van der Waals surface area (Å²) in [6.07, 6.45) is 1.82. The number of hydrogen-bond acceptors (Lipinski definition) is 5. The zero-order chi connectivity index (χ0) is 18.3. The molecule has 0 aliphatic rings. The lowest BCUT2D eigenvalue weighted by molar-refractivity contribution is 0.393.